The summed E-state index contributed by atoms with van der Waals surface area (Å²) in [6.07, 6.45) is -2.69. The average molecular weight is 321 g/mol. The van der Waals surface area contributed by atoms with Gasteiger partial charge in [0.25, 0.3) is 5.91 Å². The molecule has 2 rings (SSSR count). The molecule has 118 valence electrons. The molecule has 1 unspecified atom stereocenters. The number of primary amides is 1. The summed E-state index contributed by atoms with van der Waals surface area (Å²) in [5.41, 5.74) is 5.00. The smallest absolute Gasteiger partial charge is 0.288 e. The zero-order valence-electron chi connectivity index (χ0n) is 10.9. The van der Waals surface area contributed by atoms with Crippen molar-refractivity contribution in [2.45, 2.75) is 24.5 Å². The molecule has 5 N–H and O–H groups in total. The number of aliphatic hydroxyl groups is 2. The molecule has 2 heterocycles. The number of ether oxygens (including phenoxy) is 1. The van der Waals surface area contributed by atoms with Crippen molar-refractivity contribution in [3.63, 3.8) is 0 Å². The van der Waals surface area contributed by atoms with Crippen LogP contribution in [0.5, 0.6) is 0 Å². The first-order valence-corrected chi connectivity index (χ1v) is 7.75. The Kier molecular flexibility index (Phi) is 4.25. The van der Waals surface area contributed by atoms with Crippen molar-refractivity contribution >= 4 is 15.9 Å². The summed E-state index contributed by atoms with van der Waals surface area (Å²) in [4.78, 5) is 14.5. The highest BCUT2D eigenvalue weighted by Gasteiger charge is 2.44. The first kappa shape index (κ1) is 15.8. The lowest BCUT2D eigenvalue weighted by Gasteiger charge is -2.14. The molecule has 1 fully saturated rings. The normalized spacial score (nSPS) is 29.7. The molecular weight excluding hydrogens is 306 g/mol. The third kappa shape index (κ3) is 3.54. The number of aromatic nitrogens is 3. The van der Waals surface area contributed by atoms with Gasteiger partial charge in [-0.05, 0) is 0 Å². The van der Waals surface area contributed by atoms with Gasteiger partial charge < -0.3 is 20.7 Å². The van der Waals surface area contributed by atoms with Crippen LogP contribution in [-0.2, 0) is 14.8 Å². The molecule has 1 saturated heterocycles. The largest absolute Gasteiger partial charge is 0.387 e. The number of sulfonamides is 1. The standard InChI is InChI=1S/C9H15N5O6S/c1-21(18,19)12-2-4-5(15)6(16)9(20-4)14-3-11-8(13-14)7(10)17/h3-6,9,12,15-16H,2H2,1H3,(H2,10,17)/t4?,5-,6-,9-/m1/s1. The Labute approximate surface area is 119 Å². The minimum atomic E-state index is -3.46. The predicted molar refractivity (Wildman–Crippen MR) is 67.3 cm³/mol. The highest BCUT2D eigenvalue weighted by Crippen LogP contribution is 2.28. The van der Waals surface area contributed by atoms with Crippen LogP contribution in [0.3, 0.4) is 0 Å². The van der Waals surface area contributed by atoms with Crippen LogP contribution in [0, 0.1) is 0 Å². The monoisotopic (exact) mass is 321 g/mol. The van der Waals surface area contributed by atoms with E-state index < -0.39 is 40.5 Å². The summed E-state index contributed by atoms with van der Waals surface area (Å²) in [7, 11) is -3.46. The molecule has 0 saturated carbocycles. The number of amides is 1. The average Bonchev–Trinajstić information content (AvgIpc) is 2.94. The highest BCUT2D eigenvalue weighted by atomic mass is 32.2. The lowest BCUT2D eigenvalue weighted by Crippen LogP contribution is -2.39. The van der Waals surface area contributed by atoms with Crippen molar-refractivity contribution in [1.29, 1.82) is 0 Å². The number of nitrogens with two attached hydrogens (primary N) is 1. The van der Waals surface area contributed by atoms with Gasteiger partial charge in [0.15, 0.2) is 6.23 Å². The third-order valence-corrected chi connectivity index (χ3v) is 3.56. The minimum absolute atomic E-state index is 0.217. The Hall–Kier alpha value is -1.60. The summed E-state index contributed by atoms with van der Waals surface area (Å²) in [5.74, 6) is -1.12. The third-order valence-electron chi connectivity index (χ3n) is 2.87. The molecular formula is C9H15N5O6S. The summed E-state index contributed by atoms with van der Waals surface area (Å²) < 4.78 is 30.6. The molecule has 4 atom stereocenters. The molecule has 0 radical (unpaired) electrons. The number of nitrogens with one attached hydrogen (secondary N) is 1. The van der Waals surface area contributed by atoms with Crippen LogP contribution in [0.15, 0.2) is 6.33 Å². The van der Waals surface area contributed by atoms with E-state index in [2.05, 4.69) is 14.8 Å². The molecule has 11 nitrogen and oxygen atoms in total. The Morgan fingerprint density at radius 3 is 2.71 bits per heavy atom. The number of carbonyl (C=O) groups excluding carboxylic acids is 1. The van der Waals surface area contributed by atoms with E-state index in [9.17, 15) is 23.4 Å². The van der Waals surface area contributed by atoms with Crippen LogP contribution in [0.4, 0.5) is 0 Å². The number of nitrogens with zero attached hydrogens (tertiary/aromatic N) is 3. The fourth-order valence-corrected chi connectivity index (χ4v) is 2.33. The molecule has 0 aliphatic carbocycles. The summed E-state index contributed by atoms with van der Waals surface area (Å²) >= 11 is 0. The van der Waals surface area contributed by atoms with Gasteiger partial charge in [-0.15, -0.1) is 5.10 Å². The fourth-order valence-electron chi connectivity index (χ4n) is 1.86. The number of aliphatic hydroxyl groups excluding tert-OH is 2. The van der Waals surface area contributed by atoms with Gasteiger partial charge in [-0.3, -0.25) is 4.79 Å². The second kappa shape index (κ2) is 5.65. The van der Waals surface area contributed by atoms with Crippen molar-refractivity contribution in [3.8, 4) is 0 Å². The number of hydrogen-bond donors (Lipinski definition) is 4. The van der Waals surface area contributed by atoms with Gasteiger partial charge in [0.2, 0.25) is 15.8 Å². The molecule has 0 spiro atoms. The van der Waals surface area contributed by atoms with Crippen LogP contribution >= 0.6 is 0 Å². The van der Waals surface area contributed by atoms with E-state index in [0.29, 0.717) is 0 Å². The van der Waals surface area contributed by atoms with Crippen molar-refractivity contribution in [2.24, 2.45) is 5.73 Å². The number of hydrogen-bond acceptors (Lipinski definition) is 8. The highest BCUT2D eigenvalue weighted by molar-refractivity contribution is 7.88. The van der Waals surface area contributed by atoms with Crippen LogP contribution in [0.2, 0.25) is 0 Å². The van der Waals surface area contributed by atoms with E-state index in [4.69, 9.17) is 10.5 Å². The minimum Gasteiger partial charge on any atom is -0.387 e. The summed E-state index contributed by atoms with van der Waals surface area (Å²) in [6.45, 7) is -0.217. The molecule has 12 heteroatoms. The topological polar surface area (TPSA) is 170 Å². The SMILES string of the molecule is CS(=O)(=O)NCC1O[C@@H](n2cnc(C(N)=O)n2)[C@H](O)[C@@H]1O. The summed E-state index contributed by atoms with van der Waals surface area (Å²) in [5, 5.41) is 23.5. The molecule has 0 bridgehead atoms. The van der Waals surface area contributed by atoms with Crippen LogP contribution in [-0.4, -0.2) is 70.4 Å². The zero-order valence-corrected chi connectivity index (χ0v) is 11.8. The fraction of sp³-hybridized carbons (Fsp3) is 0.667. The molecule has 1 aromatic heterocycles. The van der Waals surface area contributed by atoms with E-state index in [1.54, 1.807) is 0 Å². The molecule has 1 aliphatic heterocycles. The second-order valence-corrected chi connectivity index (χ2v) is 6.41. The number of rotatable bonds is 5. The first-order valence-electron chi connectivity index (χ1n) is 5.86. The van der Waals surface area contributed by atoms with Gasteiger partial charge >= 0.3 is 0 Å². The van der Waals surface area contributed by atoms with Crippen molar-refractivity contribution < 1.29 is 28.2 Å². The van der Waals surface area contributed by atoms with E-state index in [1.807, 2.05) is 0 Å². The summed E-state index contributed by atoms with van der Waals surface area (Å²) in [6, 6.07) is 0. The van der Waals surface area contributed by atoms with Gasteiger partial charge in [0, 0.05) is 6.54 Å². The van der Waals surface area contributed by atoms with Gasteiger partial charge in [-0.1, -0.05) is 0 Å². The molecule has 1 aromatic rings. The Morgan fingerprint density at radius 2 is 2.19 bits per heavy atom. The van der Waals surface area contributed by atoms with E-state index in [1.165, 1.54) is 0 Å². The van der Waals surface area contributed by atoms with Crippen LogP contribution < -0.4 is 10.5 Å². The maximum absolute atomic E-state index is 11.0. The van der Waals surface area contributed by atoms with E-state index in [0.717, 1.165) is 17.3 Å². The van der Waals surface area contributed by atoms with Gasteiger partial charge in [0.05, 0.1) is 6.26 Å². The molecule has 21 heavy (non-hydrogen) atoms. The zero-order chi connectivity index (χ0) is 15.8. The predicted octanol–water partition coefficient (Wildman–Crippen LogP) is -3.45. The van der Waals surface area contributed by atoms with Crippen molar-refractivity contribution in [3.05, 3.63) is 12.2 Å². The van der Waals surface area contributed by atoms with Gasteiger partial charge in [0.1, 0.15) is 24.6 Å². The van der Waals surface area contributed by atoms with Crippen molar-refractivity contribution in [2.75, 3.05) is 12.8 Å². The van der Waals surface area contributed by atoms with E-state index in [-0.39, 0.29) is 12.4 Å². The molecule has 1 aliphatic rings. The Morgan fingerprint density at radius 1 is 1.52 bits per heavy atom. The first-order chi connectivity index (χ1) is 9.69. The quantitative estimate of drug-likeness (QED) is 0.433. The number of carbonyl (C=O) groups is 1. The van der Waals surface area contributed by atoms with E-state index >= 15 is 0 Å². The van der Waals surface area contributed by atoms with Gasteiger partial charge in [-0.25, -0.2) is 22.8 Å². The maximum atomic E-state index is 11.0. The second-order valence-electron chi connectivity index (χ2n) is 4.58. The lowest BCUT2D eigenvalue weighted by atomic mass is 10.1. The lowest BCUT2D eigenvalue weighted by molar-refractivity contribution is -0.0428. The molecule has 0 aromatic carbocycles. The Bertz CT molecular complexity index is 630. The van der Waals surface area contributed by atoms with Gasteiger partial charge in [-0.2, -0.15) is 0 Å². The Balaban J connectivity index is 2.10. The maximum Gasteiger partial charge on any atom is 0.288 e. The van der Waals surface area contributed by atoms with Crippen LogP contribution in [0.25, 0.3) is 0 Å². The van der Waals surface area contributed by atoms with Crippen LogP contribution in [0.1, 0.15) is 16.8 Å². The van der Waals surface area contributed by atoms with Crippen molar-refractivity contribution in [1.82, 2.24) is 19.5 Å². The molecule has 1 amide bonds.